The minimum absolute atomic E-state index is 0.264. The summed E-state index contributed by atoms with van der Waals surface area (Å²) in [5.74, 6) is 1.45. The van der Waals surface area contributed by atoms with Crippen molar-refractivity contribution in [2.75, 3.05) is 41.8 Å². The van der Waals surface area contributed by atoms with Crippen molar-refractivity contribution in [2.45, 2.75) is 46.6 Å². The maximum Gasteiger partial charge on any atom is 0.224 e. The second-order valence-electron chi connectivity index (χ2n) is 7.03. The highest BCUT2D eigenvalue weighted by Crippen LogP contribution is 2.25. The molecule has 6 heteroatoms. The summed E-state index contributed by atoms with van der Waals surface area (Å²) in [4.78, 5) is 11.5. The molecule has 6 nitrogen and oxygen atoms in total. The van der Waals surface area contributed by atoms with Crippen LogP contribution in [0.2, 0.25) is 0 Å². The molecule has 3 rings (SSSR count). The van der Waals surface area contributed by atoms with Crippen molar-refractivity contribution in [1.29, 1.82) is 0 Å². The standard InChI is InChI=1S/C21H31N5O/c1-5-26(6-2)17-9-10-19(15(3)12-17)24-20-13-16(4)23-21(25-20)22-14-18-8-7-11-27-18/h9-10,12-13,18H,5-8,11,14H2,1-4H3,(H2,22,23,24,25). The van der Waals surface area contributed by atoms with Crippen molar-refractivity contribution in [3.8, 4) is 0 Å². The molecule has 0 saturated carbocycles. The molecule has 0 bridgehead atoms. The van der Waals surface area contributed by atoms with Crippen molar-refractivity contribution in [3.63, 3.8) is 0 Å². The van der Waals surface area contributed by atoms with Gasteiger partial charge >= 0.3 is 0 Å². The third-order valence-corrected chi connectivity index (χ3v) is 4.97. The van der Waals surface area contributed by atoms with Crippen LogP contribution in [0.25, 0.3) is 0 Å². The zero-order valence-corrected chi connectivity index (χ0v) is 16.9. The number of hydrogen-bond donors (Lipinski definition) is 2. The predicted octanol–water partition coefficient (Wildman–Crippen LogP) is 4.27. The Kier molecular flexibility index (Phi) is 6.50. The molecule has 2 N–H and O–H groups in total. The Labute approximate surface area is 162 Å². The Morgan fingerprint density at radius 1 is 1.15 bits per heavy atom. The summed E-state index contributed by atoms with van der Waals surface area (Å²) in [6.07, 6.45) is 2.50. The number of anilines is 4. The molecule has 146 valence electrons. The number of aromatic nitrogens is 2. The molecule has 27 heavy (non-hydrogen) atoms. The summed E-state index contributed by atoms with van der Waals surface area (Å²) in [7, 11) is 0. The second kappa shape index (κ2) is 9.04. The SMILES string of the molecule is CCN(CC)c1ccc(Nc2cc(C)nc(NCC3CCCO3)n2)c(C)c1. The van der Waals surface area contributed by atoms with E-state index in [9.17, 15) is 0 Å². The van der Waals surface area contributed by atoms with Gasteiger partial charge in [-0.2, -0.15) is 4.98 Å². The summed E-state index contributed by atoms with van der Waals surface area (Å²) < 4.78 is 5.66. The highest BCUT2D eigenvalue weighted by atomic mass is 16.5. The summed E-state index contributed by atoms with van der Waals surface area (Å²) in [5.41, 5.74) is 4.44. The van der Waals surface area contributed by atoms with Crippen LogP contribution in [0, 0.1) is 13.8 Å². The molecule has 1 aromatic heterocycles. The van der Waals surface area contributed by atoms with Crippen molar-refractivity contribution in [3.05, 3.63) is 35.5 Å². The monoisotopic (exact) mass is 369 g/mol. The van der Waals surface area contributed by atoms with E-state index in [2.05, 4.69) is 64.5 Å². The number of nitrogens with zero attached hydrogens (tertiary/aromatic N) is 3. The lowest BCUT2D eigenvalue weighted by molar-refractivity contribution is 0.120. The number of rotatable bonds is 8. The van der Waals surface area contributed by atoms with Crippen LogP contribution in [0.3, 0.4) is 0 Å². The zero-order valence-electron chi connectivity index (χ0n) is 16.9. The molecule has 1 fully saturated rings. The molecule has 1 aliphatic rings. The van der Waals surface area contributed by atoms with Gasteiger partial charge in [0.15, 0.2) is 0 Å². The van der Waals surface area contributed by atoms with Gasteiger partial charge < -0.3 is 20.3 Å². The van der Waals surface area contributed by atoms with Gasteiger partial charge in [0.2, 0.25) is 5.95 Å². The summed E-state index contributed by atoms with van der Waals surface area (Å²) in [6, 6.07) is 8.47. The Morgan fingerprint density at radius 2 is 1.96 bits per heavy atom. The van der Waals surface area contributed by atoms with E-state index in [1.807, 2.05) is 13.0 Å². The first kappa shape index (κ1) is 19.4. The lowest BCUT2D eigenvalue weighted by atomic mass is 10.1. The summed E-state index contributed by atoms with van der Waals surface area (Å²) >= 11 is 0. The minimum Gasteiger partial charge on any atom is -0.376 e. The smallest absolute Gasteiger partial charge is 0.224 e. The third-order valence-electron chi connectivity index (χ3n) is 4.97. The molecule has 0 amide bonds. The molecule has 1 aromatic carbocycles. The first-order valence-corrected chi connectivity index (χ1v) is 9.92. The van der Waals surface area contributed by atoms with Crippen LogP contribution in [0.5, 0.6) is 0 Å². The van der Waals surface area contributed by atoms with Crippen LogP contribution in [-0.2, 0) is 4.74 Å². The van der Waals surface area contributed by atoms with Crippen molar-refractivity contribution >= 4 is 23.1 Å². The van der Waals surface area contributed by atoms with Crippen LogP contribution in [0.1, 0.15) is 37.9 Å². The van der Waals surface area contributed by atoms with Crippen molar-refractivity contribution in [2.24, 2.45) is 0 Å². The van der Waals surface area contributed by atoms with Crippen LogP contribution in [-0.4, -0.2) is 42.3 Å². The van der Waals surface area contributed by atoms with Gasteiger partial charge in [-0.05, 0) is 64.3 Å². The number of nitrogens with one attached hydrogen (secondary N) is 2. The Balaban J connectivity index is 1.71. The van der Waals surface area contributed by atoms with Crippen LogP contribution in [0.15, 0.2) is 24.3 Å². The van der Waals surface area contributed by atoms with Crippen LogP contribution >= 0.6 is 0 Å². The minimum atomic E-state index is 0.264. The third kappa shape index (κ3) is 5.10. The van der Waals surface area contributed by atoms with Gasteiger partial charge in [-0.25, -0.2) is 4.98 Å². The Bertz CT molecular complexity index is 754. The van der Waals surface area contributed by atoms with Gasteiger partial charge in [-0.1, -0.05) is 0 Å². The molecule has 1 aliphatic heterocycles. The number of ether oxygens (including phenoxy) is 1. The molecule has 2 aromatic rings. The molecule has 1 unspecified atom stereocenters. The lowest BCUT2D eigenvalue weighted by Gasteiger charge is -2.22. The molecular formula is C21H31N5O. The fourth-order valence-corrected chi connectivity index (χ4v) is 3.43. The van der Waals surface area contributed by atoms with Gasteiger partial charge in [-0.3, -0.25) is 0 Å². The van der Waals surface area contributed by atoms with Gasteiger partial charge in [0.05, 0.1) is 6.10 Å². The maximum atomic E-state index is 5.66. The quantitative estimate of drug-likeness (QED) is 0.724. The largest absolute Gasteiger partial charge is 0.376 e. The molecule has 0 aliphatic carbocycles. The average Bonchev–Trinajstić information content (AvgIpc) is 3.16. The average molecular weight is 370 g/mol. The van der Waals surface area contributed by atoms with Gasteiger partial charge in [0, 0.05) is 49.4 Å². The van der Waals surface area contributed by atoms with E-state index in [1.165, 1.54) is 11.3 Å². The van der Waals surface area contributed by atoms with Gasteiger partial charge in [0.1, 0.15) is 5.82 Å². The molecule has 0 spiro atoms. The highest BCUT2D eigenvalue weighted by Gasteiger charge is 2.15. The Morgan fingerprint density at radius 3 is 2.63 bits per heavy atom. The molecule has 2 heterocycles. The first-order valence-electron chi connectivity index (χ1n) is 9.92. The summed E-state index contributed by atoms with van der Waals surface area (Å²) in [5, 5.41) is 6.76. The Hall–Kier alpha value is -2.34. The van der Waals surface area contributed by atoms with E-state index in [0.29, 0.717) is 5.95 Å². The molecule has 0 radical (unpaired) electrons. The first-order chi connectivity index (χ1) is 13.1. The fourth-order valence-electron chi connectivity index (χ4n) is 3.43. The van der Waals surface area contributed by atoms with E-state index in [0.717, 1.165) is 56.3 Å². The van der Waals surface area contributed by atoms with Gasteiger partial charge in [-0.15, -0.1) is 0 Å². The zero-order chi connectivity index (χ0) is 19.2. The number of benzene rings is 1. The number of hydrogen-bond acceptors (Lipinski definition) is 6. The lowest BCUT2D eigenvalue weighted by Crippen LogP contribution is -2.21. The molecule has 1 atom stereocenters. The van der Waals surface area contributed by atoms with E-state index < -0.39 is 0 Å². The predicted molar refractivity (Wildman–Crippen MR) is 112 cm³/mol. The summed E-state index contributed by atoms with van der Waals surface area (Å²) in [6.45, 7) is 12.1. The van der Waals surface area contributed by atoms with E-state index >= 15 is 0 Å². The van der Waals surface area contributed by atoms with Crippen LogP contribution < -0.4 is 15.5 Å². The number of aryl methyl sites for hydroxylation is 2. The second-order valence-corrected chi connectivity index (χ2v) is 7.03. The maximum absolute atomic E-state index is 5.66. The van der Waals surface area contributed by atoms with E-state index in [-0.39, 0.29) is 6.10 Å². The topological polar surface area (TPSA) is 62.3 Å². The highest BCUT2D eigenvalue weighted by molar-refractivity contribution is 5.65. The molecular weight excluding hydrogens is 338 g/mol. The normalized spacial score (nSPS) is 16.4. The van der Waals surface area contributed by atoms with E-state index in [1.54, 1.807) is 0 Å². The van der Waals surface area contributed by atoms with Crippen molar-refractivity contribution in [1.82, 2.24) is 9.97 Å². The van der Waals surface area contributed by atoms with E-state index in [4.69, 9.17) is 4.74 Å². The van der Waals surface area contributed by atoms with Crippen LogP contribution in [0.4, 0.5) is 23.1 Å². The molecule has 1 saturated heterocycles. The fraction of sp³-hybridized carbons (Fsp3) is 0.524. The van der Waals surface area contributed by atoms with Crippen molar-refractivity contribution < 1.29 is 4.74 Å². The van der Waals surface area contributed by atoms with Gasteiger partial charge in [0.25, 0.3) is 0 Å².